The second kappa shape index (κ2) is 9.53. The summed E-state index contributed by atoms with van der Waals surface area (Å²) in [5.41, 5.74) is 4.74. The summed E-state index contributed by atoms with van der Waals surface area (Å²) in [7, 11) is 1.90. The van der Waals surface area contributed by atoms with Gasteiger partial charge in [-0.15, -0.1) is 0 Å². The highest BCUT2D eigenvalue weighted by atomic mass is 16.3. The van der Waals surface area contributed by atoms with Gasteiger partial charge in [-0.1, -0.05) is 36.4 Å². The minimum Gasteiger partial charge on any atom is -0.392 e. The second-order valence-corrected chi connectivity index (χ2v) is 9.44. The SMILES string of the molecule is C[C@H](O)CN1CCC(c2cc(-c3ccncc3)c(-c3ccc4ccccc4c3)c(=O)n2C)CC1. The van der Waals surface area contributed by atoms with Crippen LogP contribution in [0.1, 0.15) is 31.4 Å². The number of hydrogen-bond acceptors (Lipinski definition) is 4. The van der Waals surface area contributed by atoms with E-state index >= 15 is 0 Å². The molecule has 2 aromatic heterocycles. The molecule has 0 aliphatic carbocycles. The van der Waals surface area contributed by atoms with Gasteiger partial charge < -0.3 is 14.6 Å². The van der Waals surface area contributed by atoms with Crippen molar-refractivity contribution in [3.63, 3.8) is 0 Å². The summed E-state index contributed by atoms with van der Waals surface area (Å²) >= 11 is 0. The number of fused-ring (bicyclic) bond motifs is 1. The van der Waals surface area contributed by atoms with Crippen LogP contribution in [0, 0.1) is 0 Å². The first-order valence-electron chi connectivity index (χ1n) is 12.0. The molecule has 5 rings (SSSR count). The average molecular weight is 454 g/mol. The lowest BCUT2D eigenvalue weighted by molar-refractivity contribution is 0.108. The highest BCUT2D eigenvalue weighted by Crippen LogP contribution is 2.35. The molecule has 34 heavy (non-hydrogen) atoms. The maximum atomic E-state index is 13.9. The number of piperidine rings is 1. The van der Waals surface area contributed by atoms with Crippen molar-refractivity contribution in [2.24, 2.45) is 7.05 Å². The predicted molar refractivity (Wildman–Crippen MR) is 138 cm³/mol. The van der Waals surface area contributed by atoms with Crippen LogP contribution in [0.2, 0.25) is 0 Å². The van der Waals surface area contributed by atoms with Gasteiger partial charge >= 0.3 is 0 Å². The minimum atomic E-state index is -0.319. The first-order chi connectivity index (χ1) is 16.5. The zero-order valence-electron chi connectivity index (χ0n) is 19.8. The standard InChI is InChI=1S/C29H31N3O2/c1-20(33)19-32-15-11-23(12-16-32)27-18-26(22-9-13-30-14-10-22)28(29(34)31(27)2)25-8-7-21-5-3-4-6-24(21)17-25/h3-10,13-14,17-18,20,23,33H,11-12,15-16,19H2,1-2H3/t20-/m0/s1. The Balaban J connectivity index is 1.61. The Morgan fingerprint density at radius 3 is 2.38 bits per heavy atom. The Labute approximate surface area is 200 Å². The molecule has 1 N–H and O–H groups in total. The number of aromatic nitrogens is 2. The van der Waals surface area contributed by atoms with E-state index in [2.05, 4.69) is 46.3 Å². The summed E-state index contributed by atoms with van der Waals surface area (Å²) in [6.45, 7) is 4.40. The summed E-state index contributed by atoms with van der Waals surface area (Å²) < 4.78 is 1.85. The summed E-state index contributed by atoms with van der Waals surface area (Å²) in [4.78, 5) is 20.4. The van der Waals surface area contributed by atoms with Crippen molar-refractivity contribution in [3.8, 4) is 22.3 Å². The Kier molecular flexibility index (Phi) is 6.31. The van der Waals surface area contributed by atoms with E-state index in [-0.39, 0.29) is 11.7 Å². The van der Waals surface area contributed by atoms with Crippen molar-refractivity contribution in [2.45, 2.75) is 31.8 Å². The lowest BCUT2D eigenvalue weighted by atomic mass is 9.88. The van der Waals surface area contributed by atoms with Gasteiger partial charge in [-0.2, -0.15) is 0 Å². The number of nitrogens with zero attached hydrogens (tertiary/aromatic N) is 3. The summed E-state index contributed by atoms with van der Waals surface area (Å²) in [5.74, 6) is 0.314. The molecule has 0 spiro atoms. The van der Waals surface area contributed by atoms with Gasteiger partial charge in [-0.25, -0.2) is 0 Å². The molecular formula is C29H31N3O2. The third-order valence-electron chi connectivity index (χ3n) is 7.03. The molecule has 0 radical (unpaired) electrons. The number of pyridine rings is 2. The van der Waals surface area contributed by atoms with Crippen LogP contribution in [0.25, 0.3) is 33.0 Å². The van der Waals surface area contributed by atoms with E-state index in [9.17, 15) is 9.90 Å². The first-order valence-corrected chi connectivity index (χ1v) is 12.0. The maximum absolute atomic E-state index is 13.9. The summed E-state index contributed by atoms with van der Waals surface area (Å²) in [6.07, 6.45) is 5.20. The molecule has 2 aromatic carbocycles. The van der Waals surface area contributed by atoms with Crippen LogP contribution in [-0.4, -0.2) is 45.3 Å². The van der Waals surface area contributed by atoms with Gasteiger partial charge in [0.1, 0.15) is 0 Å². The predicted octanol–water partition coefficient (Wildman–Crippen LogP) is 4.83. The van der Waals surface area contributed by atoms with Gasteiger partial charge in [0.25, 0.3) is 5.56 Å². The second-order valence-electron chi connectivity index (χ2n) is 9.44. The Morgan fingerprint density at radius 2 is 1.68 bits per heavy atom. The van der Waals surface area contributed by atoms with E-state index in [1.54, 1.807) is 12.4 Å². The van der Waals surface area contributed by atoms with Crippen molar-refractivity contribution in [3.05, 3.63) is 89.1 Å². The highest BCUT2D eigenvalue weighted by molar-refractivity contribution is 5.91. The maximum Gasteiger partial charge on any atom is 0.259 e. The fraction of sp³-hybridized carbons (Fsp3) is 0.310. The number of benzene rings is 2. The molecule has 1 aliphatic heterocycles. The van der Waals surface area contributed by atoms with Crippen LogP contribution in [0.15, 0.2) is 77.9 Å². The van der Waals surface area contributed by atoms with Gasteiger partial charge in [-0.05, 0) is 84.6 Å². The fourth-order valence-corrected chi connectivity index (χ4v) is 5.28. The number of hydrogen-bond donors (Lipinski definition) is 1. The highest BCUT2D eigenvalue weighted by Gasteiger charge is 2.25. The molecule has 0 unspecified atom stereocenters. The Bertz CT molecular complexity index is 1350. The molecule has 0 saturated carbocycles. The van der Waals surface area contributed by atoms with Crippen LogP contribution in [0.4, 0.5) is 0 Å². The minimum absolute atomic E-state index is 0.0333. The average Bonchev–Trinajstić information content (AvgIpc) is 2.86. The molecule has 5 heteroatoms. The van der Waals surface area contributed by atoms with Crippen molar-refractivity contribution in [1.82, 2.24) is 14.5 Å². The quantitative estimate of drug-likeness (QED) is 0.470. The van der Waals surface area contributed by atoms with Crippen molar-refractivity contribution < 1.29 is 5.11 Å². The summed E-state index contributed by atoms with van der Waals surface area (Å²) in [5, 5.41) is 12.0. The molecule has 1 saturated heterocycles. The third-order valence-corrected chi connectivity index (χ3v) is 7.03. The number of rotatable bonds is 5. The Morgan fingerprint density at radius 1 is 0.971 bits per heavy atom. The number of aliphatic hydroxyl groups excluding tert-OH is 1. The number of likely N-dealkylation sites (tertiary alicyclic amines) is 1. The smallest absolute Gasteiger partial charge is 0.259 e. The molecule has 1 atom stereocenters. The van der Waals surface area contributed by atoms with Gasteiger partial charge in [0.05, 0.1) is 11.7 Å². The molecule has 174 valence electrons. The molecule has 3 heterocycles. The van der Waals surface area contributed by atoms with E-state index in [0.717, 1.165) is 64.7 Å². The van der Waals surface area contributed by atoms with E-state index in [1.807, 2.05) is 42.8 Å². The van der Waals surface area contributed by atoms with Crippen LogP contribution >= 0.6 is 0 Å². The lowest BCUT2D eigenvalue weighted by Gasteiger charge is -2.33. The molecule has 0 bridgehead atoms. The first kappa shape index (κ1) is 22.5. The summed E-state index contributed by atoms with van der Waals surface area (Å²) in [6, 6.07) is 20.7. The van der Waals surface area contributed by atoms with E-state index in [4.69, 9.17) is 0 Å². The van der Waals surface area contributed by atoms with Gasteiger partial charge in [0, 0.05) is 37.6 Å². The number of β-amino-alcohol motifs (C(OH)–C–C–N with tert-alkyl or cyclic N) is 1. The lowest BCUT2D eigenvalue weighted by Crippen LogP contribution is -2.38. The van der Waals surface area contributed by atoms with E-state index < -0.39 is 0 Å². The van der Waals surface area contributed by atoms with Gasteiger partial charge in [0.15, 0.2) is 0 Å². The molecule has 5 nitrogen and oxygen atoms in total. The van der Waals surface area contributed by atoms with Crippen LogP contribution < -0.4 is 5.56 Å². The van der Waals surface area contributed by atoms with Crippen molar-refractivity contribution in [1.29, 1.82) is 0 Å². The third kappa shape index (κ3) is 4.41. The largest absolute Gasteiger partial charge is 0.392 e. The van der Waals surface area contributed by atoms with Crippen molar-refractivity contribution >= 4 is 10.8 Å². The zero-order chi connectivity index (χ0) is 23.7. The monoisotopic (exact) mass is 453 g/mol. The fourth-order valence-electron chi connectivity index (χ4n) is 5.28. The topological polar surface area (TPSA) is 58.4 Å². The van der Waals surface area contributed by atoms with E-state index in [0.29, 0.717) is 12.5 Å². The molecule has 0 amide bonds. The van der Waals surface area contributed by atoms with Crippen LogP contribution in [0.5, 0.6) is 0 Å². The van der Waals surface area contributed by atoms with Gasteiger partial charge in [0.2, 0.25) is 0 Å². The Hall–Kier alpha value is -3.28. The number of aliphatic hydroxyl groups is 1. The van der Waals surface area contributed by atoms with Gasteiger partial charge in [-0.3, -0.25) is 9.78 Å². The normalized spacial score (nSPS) is 16.1. The molecular weight excluding hydrogens is 422 g/mol. The van der Waals surface area contributed by atoms with Crippen LogP contribution in [-0.2, 0) is 7.05 Å². The molecule has 1 aliphatic rings. The van der Waals surface area contributed by atoms with E-state index in [1.165, 1.54) is 0 Å². The molecule has 4 aromatic rings. The zero-order valence-corrected chi connectivity index (χ0v) is 19.8. The van der Waals surface area contributed by atoms with Crippen molar-refractivity contribution in [2.75, 3.05) is 19.6 Å². The molecule has 1 fully saturated rings. The van der Waals surface area contributed by atoms with Crippen LogP contribution in [0.3, 0.4) is 0 Å².